The highest BCUT2D eigenvalue weighted by Gasteiger charge is 2.27. The van der Waals surface area contributed by atoms with Crippen LogP contribution >= 0.6 is 34.5 Å². The van der Waals surface area contributed by atoms with Gasteiger partial charge < -0.3 is 11.1 Å². The number of hydrogen-bond acceptors (Lipinski definition) is 3. The molecule has 0 saturated heterocycles. The number of fused-ring (bicyclic) bond motifs is 1. The molecule has 3 N–H and O–H groups in total. The Kier molecular flexibility index (Phi) is 4.85. The van der Waals surface area contributed by atoms with Crippen molar-refractivity contribution in [2.24, 2.45) is 5.92 Å². The molecule has 2 aromatic rings. The Balaban J connectivity index is 1.87. The van der Waals surface area contributed by atoms with E-state index >= 15 is 0 Å². The SMILES string of the molecule is CCC1CCc2c(sc(N)c2C(=O)Nc2ccc(Cl)cc2Cl)C1. The largest absolute Gasteiger partial charge is 0.390 e. The van der Waals surface area contributed by atoms with Gasteiger partial charge in [-0.15, -0.1) is 11.3 Å². The first kappa shape index (κ1) is 16.6. The van der Waals surface area contributed by atoms with Gasteiger partial charge in [0.2, 0.25) is 0 Å². The van der Waals surface area contributed by atoms with E-state index in [1.165, 1.54) is 11.3 Å². The molecule has 0 bridgehead atoms. The number of benzene rings is 1. The molecule has 0 aliphatic heterocycles. The molecule has 1 unspecified atom stereocenters. The van der Waals surface area contributed by atoms with Crippen LogP contribution in [0.1, 0.15) is 40.6 Å². The molecule has 0 saturated carbocycles. The third kappa shape index (κ3) is 3.35. The zero-order valence-corrected chi connectivity index (χ0v) is 15.1. The Labute approximate surface area is 149 Å². The monoisotopic (exact) mass is 368 g/mol. The first-order chi connectivity index (χ1) is 11.0. The maximum atomic E-state index is 12.7. The smallest absolute Gasteiger partial charge is 0.258 e. The predicted octanol–water partition coefficient (Wildman–Crippen LogP) is 5.40. The summed E-state index contributed by atoms with van der Waals surface area (Å²) in [5.41, 5.74) is 8.40. The van der Waals surface area contributed by atoms with Gasteiger partial charge >= 0.3 is 0 Å². The second-order valence-corrected chi connectivity index (χ2v) is 7.82. The van der Waals surface area contributed by atoms with Crippen LogP contribution in [0.3, 0.4) is 0 Å². The fourth-order valence-corrected chi connectivity index (χ4v) is 4.73. The number of anilines is 2. The minimum absolute atomic E-state index is 0.195. The van der Waals surface area contributed by atoms with Gasteiger partial charge in [0.1, 0.15) is 0 Å². The molecular formula is C17H18Cl2N2OS. The molecule has 1 aliphatic carbocycles. The molecular weight excluding hydrogens is 351 g/mol. The zero-order valence-electron chi connectivity index (χ0n) is 12.8. The Morgan fingerprint density at radius 2 is 2.22 bits per heavy atom. The summed E-state index contributed by atoms with van der Waals surface area (Å²) in [6.07, 6.45) is 4.22. The van der Waals surface area contributed by atoms with Crippen molar-refractivity contribution < 1.29 is 4.79 Å². The molecule has 1 aromatic heterocycles. The first-order valence-corrected chi connectivity index (χ1v) is 9.23. The number of nitrogens with one attached hydrogen (secondary N) is 1. The van der Waals surface area contributed by atoms with E-state index in [0.29, 0.717) is 32.2 Å². The van der Waals surface area contributed by atoms with Crippen LogP contribution in [0.5, 0.6) is 0 Å². The summed E-state index contributed by atoms with van der Waals surface area (Å²) in [4.78, 5) is 13.9. The second-order valence-electron chi connectivity index (χ2n) is 5.84. The van der Waals surface area contributed by atoms with Crippen molar-refractivity contribution in [3.8, 4) is 0 Å². The molecule has 1 aromatic carbocycles. The van der Waals surface area contributed by atoms with Crippen LogP contribution in [0.2, 0.25) is 10.0 Å². The lowest BCUT2D eigenvalue weighted by atomic mass is 9.85. The molecule has 1 amide bonds. The number of thiophene rings is 1. The van der Waals surface area contributed by atoms with E-state index in [-0.39, 0.29) is 5.91 Å². The van der Waals surface area contributed by atoms with Crippen LogP contribution in [-0.4, -0.2) is 5.91 Å². The molecule has 122 valence electrons. The van der Waals surface area contributed by atoms with Gasteiger partial charge in [0, 0.05) is 9.90 Å². The van der Waals surface area contributed by atoms with Crippen LogP contribution in [0.4, 0.5) is 10.7 Å². The standard InChI is InChI=1S/C17H18Cl2N2OS/c1-2-9-3-5-11-14(7-9)23-16(20)15(11)17(22)21-13-6-4-10(18)8-12(13)19/h4,6,8-9H,2-3,5,7,20H2,1H3,(H,21,22). The molecule has 3 nitrogen and oxygen atoms in total. The van der Waals surface area contributed by atoms with Gasteiger partial charge in [-0.3, -0.25) is 4.79 Å². The van der Waals surface area contributed by atoms with Crippen molar-refractivity contribution in [2.75, 3.05) is 11.1 Å². The third-order valence-corrected chi connectivity index (χ3v) is 6.01. The summed E-state index contributed by atoms with van der Waals surface area (Å²) in [5.74, 6) is 0.501. The van der Waals surface area contributed by atoms with Crippen LogP contribution in [0.25, 0.3) is 0 Å². The molecule has 1 aliphatic rings. The van der Waals surface area contributed by atoms with Crippen LogP contribution in [-0.2, 0) is 12.8 Å². The topological polar surface area (TPSA) is 55.1 Å². The van der Waals surface area contributed by atoms with E-state index < -0.39 is 0 Å². The third-order valence-electron chi connectivity index (χ3n) is 4.38. The van der Waals surface area contributed by atoms with E-state index in [9.17, 15) is 4.79 Å². The van der Waals surface area contributed by atoms with Crippen molar-refractivity contribution in [2.45, 2.75) is 32.6 Å². The highest BCUT2D eigenvalue weighted by Crippen LogP contribution is 2.39. The molecule has 23 heavy (non-hydrogen) atoms. The van der Waals surface area contributed by atoms with Crippen molar-refractivity contribution in [1.29, 1.82) is 0 Å². The van der Waals surface area contributed by atoms with Crippen LogP contribution in [0.15, 0.2) is 18.2 Å². The van der Waals surface area contributed by atoms with Gasteiger partial charge in [0.05, 0.1) is 21.3 Å². The Morgan fingerprint density at radius 3 is 2.91 bits per heavy atom. The Morgan fingerprint density at radius 1 is 1.43 bits per heavy atom. The van der Waals surface area contributed by atoms with Crippen LogP contribution < -0.4 is 11.1 Å². The second kappa shape index (κ2) is 6.71. The number of hydrogen-bond donors (Lipinski definition) is 2. The summed E-state index contributed by atoms with van der Waals surface area (Å²) in [6, 6.07) is 5.00. The van der Waals surface area contributed by atoms with E-state index in [2.05, 4.69) is 12.2 Å². The van der Waals surface area contributed by atoms with Crippen molar-refractivity contribution >= 4 is 51.1 Å². The minimum atomic E-state index is -0.195. The molecule has 0 spiro atoms. The highest BCUT2D eigenvalue weighted by molar-refractivity contribution is 7.16. The number of nitrogens with two attached hydrogens (primary N) is 1. The maximum Gasteiger partial charge on any atom is 0.258 e. The lowest BCUT2D eigenvalue weighted by Gasteiger charge is -2.21. The summed E-state index contributed by atoms with van der Waals surface area (Å²) in [5, 5.41) is 4.39. The number of carbonyl (C=O) groups excluding carboxylic acids is 1. The van der Waals surface area contributed by atoms with Crippen molar-refractivity contribution in [1.82, 2.24) is 0 Å². The van der Waals surface area contributed by atoms with E-state index in [0.717, 1.165) is 24.8 Å². The van der Waals surface area contributed by atoms with Gasteiger partial charge in [0.25, 0.3) is 5.91 Å². The number of amides is 1. The van der Waals surface area contributed by atoms with E-state index in [4.69, 9.17) is 28.9 Å². The fourth-order valence-electron chi connectivity index (χ4n) is 3.05. The quantitative estimate of drug-likeness (QED) is 0.761. The zero-order chi connectivity index (χ0) is 16.6. The number of halogens is 2. The minimum Gasteiger partial charge on any atom is -0.390 e. The number of nitrogen functional groups attached to an aromatic ring is 1. The van der Waals surface area contributed by atoms with E-state index in [1.807, 2.05) is 0 Å². The van der Waals surface area contributed by atoms with Gasteiger partial charge in [0.15, 0.2) is 0 Å². The molecule has 0 radical (unpaired) electrons. The Bertz CT molecular complexity index is 757. The Hall–Kier alpha value is -1.23. The molecule has 0 fully saturated rings. The number of rotatable bonds is 3. The van der Waals surface area contributed by atoms with Gasteiger partial charge in [-0.1, -0.05) is 36.5 Å². The summed E-state index contributed by atoms with van der Waals surface area (Å²) >= 11 is 13.6. The molecule has 1 atom stereocenters. The maximum absolute atomic E-state index is 12.7. The average molecular weight is 369 g/mol. The van der Waals surface area contributed by atoms with Gasteiger partial charge in [-0.25, -0.2) is 0 Å². The molecule has 6 heteroatoms. The fraction of sp³-hybridized carbons (Fsp3) is 0.353. The average Bonchev–Trinajstić information content (AvgIpc) is 2.84. The summed E-state index contributed by atoms with van der Waals surface area (Å²) < 4.78 is 0. The lowest BCUT2D eigenvalue weighted by Crippen LogP contribution is -2.18. The van der Waals surface area contributed by atoms with Gasteiger partial charge in [-0.05, 0) is 48.9 Å². The van der Waals surface area contributed by atoms with Gasteiger partial charge in [-0.2, -0.15) is 0 Å². The molecule has 1 heterocycles. The first-order valence-electron chi connectivity index (χ1n) is 7.66. The summed E-state index contributed by atoms with van der Waals surface area (Å²) in [6.45, 7) is 2.21. The lowest BCUT2D eigenvalue weighted by molar-refractivity contribution is 0.102. The normalized spacial score (nSPS) is 16.9. The highest BCUT2D eigenvalue weighted by atomic mass is 35.5. The van der Waals surface area contributed by atoms with Crippen molar-refractivity contribution in [3.63, 3.8) is 0 Å². The molecule has 3 rings (SSSR count). The van der Waals surface area contributed by atoms with Crippen LogP contribution in [0, 0.1) is 5.92 Å². The number of carbonyl (C=O) groups is 1. The van der Waals surface area contributed by atoms with Crippen molar-refractivity contribution in [3.05, 3.63) is 44.2 Å². The van der Waals surface area contributed by atoms with E-state index in [1.54, 1.807) is 29.5 Å². The summed E-state index contributed by atoms with van der Waals surface area (Å²) in [7, 11) is 0. The predicted molar refractivity (Wildman–Crippen MR) is 99.0 cm³/mol.